The molecule has 3 nitrogen and oxygen atoms in total. The number of carbonyl (C=O) groups excluding carboxylic acids is 1. The number of benzene rings is 4. The molecule has 1 saturated heterocycles. The molecule has 1 fully saturated rings. The van der Waals surface area contributed by atoms with Gasteiger partial charge in [0.05, 0.1) is 6.04 Å². The Morgan fingerprint density at radius 3 is 2.31 bits per heavy atom. The molecule has 0 spiro atoms. The lowest BCUT2D eigenvalue weighted by molar-refractivity contribution is -0.122. The van der Waals surface area contributed by atoms with E-state index in [0.29, 0.717) is 12.3 Å². The standard InChI is InChI=1S/C31H31FN2O/c32-29-12-6-11-28(21-29)31(26-8-2-1-3-9-26)33-30(35)20-23-15-17-34(18-16-23)22-24-13-14-25-7-4-5-10-27(25)19-24/h1-14,19,21,23,31H,15-18,20,22H2,(H,33,35). The van der Waals surface area contributed by atoms with Crippen LogP contribution in [0.4, 0.5) is 4.39 Å². The van der Waals surface area contributed by atoms with Gasteiger partial charge in [-0.25, -0.2) is 4.39 Å². The number of fused-ring (bicyclic) bond motifs is 1. The van der Waals surface area contributed by atoms with Crippen LogP contribution in [0.1, 0.15) is 42.0 Å². The summed E-state index contributed by atoms with van der Waals surface area (Å²) in [7, 11) is 0. The maximum Gasteiger partial charge on any atom is 0.221 e. The number of amides is 1. The third kappa shape index (κ3) is 5.95. The molecule has 1 unspecified atom stereocenters. The van der Waals surface area contributed by atoms with E-state index in [4.69, 9.17) is 0 Å². The van der Waals surface area contributed by atoms with Gasteiger partial charge in [-0.2, -0.15) is 0 Å². The third-order valence-electron chi connectivity index (χ3n) is 7.02. The molecule has 1 atom stereocenters. The van der Waals surface area contributed by atoms with E-state index in [1.54, 1.807) is 6.07 Å². The molecule has 0 aliphatic carbocycles. The first-order valence-electron chi connectivity index (χ1n) is 12.4. The average molecular weight is 467 g/mol. The van der Waals surface area contributed by atoms with Crippen LogP contribution in [0.5, 0.6) is 0 Å². The predicted octanol–water partition coefficient (Wildman–Crippen LogP) is 6.49. The number of halogens is 1. The number of piperidine rings is 1. The van der Waals surface area contributed by atoms with Crippen molar-refractivity contribution < 1.29 is 9.18 Å². The van der Waals surface area contributed by atoms with Gasteiger partial charge in [-0.15, -0.1) is 0 Å². The topological polar surface area (TPSA) is 32.3 Å². The van der Waals surface area contributed by atoms with Gasteiger partial charge in [-0.3, -0.25) is 9.69 Å². The number of nitrogens with zero attached hydrogens (tertiary/aromatic N) is 1. The van der Waals surface area contributed by atoms with Gasteiger partial charge in [-0.05, 0) is 77.5 Å². The summed E-state index contributed by atoms with van der Waals surface area (Å²) in [5, 5.41) is 5.72. The Morgan fingerprint density at radius 2 is 1.54 bits per heavy atom. The van der Waals surface area contributed by atoms with Gasteiger partial charge in [0, 0.05) is 13.0 Å². The Kier molecular flexibility index (Phi) is 7.20. The third-order valence-corrected chi connectivity index (χ3v) is 7.02. The van der Waals surface area contributed by atoms with Crippen LogP contribution in [0.3, 0.4) is 0 Å². The van der Waals surface area contributed by atoms with Crippen molar-refractivity contribution in [2.24, 2.45) is 5.92 Å². The lowest BCUT2D eigenvalue weighted by Crippen LogP contribution is -2.36. The molecule has 0 saturated carbocycles. The van der Waals surface area contributed by atoms with Crippen LogP contribution in [0.25, 0.3) is 10.8 Å². The van der Waals surface area contributed by atoms with Crippen LogP contribution in [0.2, 0.25) is 0 Å². The number of likely N-dealkylation sites (tertiary alicyclic amines) is 1. The largest absolute Gasteiger partial charge is 0.345 e. The number of nitrogens with one attached hydrogen (secondary N) is 1. The fraction of sp³-hybridized carbons (Fsp3) is 0.258. The average Bonchev–Trinajstić information content (AvgIpc) is 2.89. The van der Waals surface area contributed by atoms with Crippen LogP contribution < -0.4 is 5.32 Å². The molecule has 4 aromatic carbocycles. The van der Waals surface area contributed by atoms with Crippen molar-refractivity contribution in [1.82, 2.24) is 10.2 Å². The lowest BCUT2D eigenvalue weighted by Gasteiger charge is -2.32. The minimum Gasteiger partial charge on any atom is -0.345 e. The Morgan fingerprint density at radius 1 is 0.829 bits per heavy atom. The van der Waals surface area contributed by atoms with Gasteiger partial charge in [0.1, 0.15) is 5.82 Å². The minimum absolute atomic E-state index is 0.0242. The summed E-state index contributed by atoms with van der Waals surface area (Å²) in [5.41, 5.74) is 3.05. The monoisotopic (exact) mass is 466 g/mol. The Hall–Kier alpha value is -3.50. The van der Waals surface area contributed by atoms with Gasteiger partial charge in [-0.1, -0.05) is 78.9 Å². The highest BCUT2D eigenvalue weighted by molar-refractivity contribution is 5.83. The fourth-order valence-electron chi connectivity index (χ4n) is 5.12. The van der Waals surface area contributed by atoms with Gasteiger partial charge < -0.3 is 5.32 Å². The Balaban J connectivity index is 1.17. The molecule has 4 aromatic rings. The molecule has 5 rings (SSSR count). The van der Waals surface area contributed by atoms with E-state index in [1.165, 1.54) is 28.5 Å². The van der Waals surface area contributed by atoms with Gasteiger partial charge in [0.25, 0.3) is 0 Å². The highest BCUT2D eigenvalue weighted by Gasteiger charge is 2.24. The molecule has 4 heteroatoms. The van der Waals surface area contributed by atoms with Gasteiger partial charge in [0.2, 0.25) is 5.91 Å². The molecular formula is C31H31FN2O. The molecule has 1 aliphatic heterocycles. The highest BCUT2D eigenvalue weighted by Crippen LogP contribution is 2.26. The van der Waals surface area contributed by atoms with E-state index >= 15 is 0 Å². The summed E-state index contributed by atoms with van der Waals surface area (Å²) in [6.07, 6.45) is 2.52. The first-order chi connectivity index (χ1) is 17.1. The fourth-order valence-corrected chi connectivity index (χ4v) is 5.12. The van der Waals surface area contributed by atoms with Crippen LogP contribution in [0, 0.1) is 11.7 Å². The van der Waals surface area contributed by atoms with Gasteiger partial charge in [0.15, 0.2) is 0 Å². The number of carbonyl (C=O) groups is 1. The van der Waals surface area contributed by atoms with E-state index in [9.17, 15) is 9.18 Å². The second kappa shape index (κ2) is 10.8. The summed E-state index contributed by atoms with van der Waals surface area (Å²) < 4.78 is 13.9. The second-order valence-electron chi connectivity index (χ2n) is 9.57. The molecule has 1 amide bonds. The van der Waals surface area contributed by atoms with Crippen molar-refractivity contribution in [3.63, 3.8) is 0 Å². The van der Waals surface area contributed by atoms with E-state index in [0.717, 1.165) is 43.6 Å². The first-order valence-corrected chi connectivity index (χ1v) is 12.4. The summed E-state index contributed by atoms with van der Waals surface area (Å²) in [6.45, 7) is 2.94. The molecular weight excluding hydrogens is 435 g/mol. The number of hydrogen-bond acceptors (Lipinski definition) is 2. The van der Waals surface area contributed by atoms with Crippen LogP contribution in [-0.4, -0.2) is 23.9 Å². The van der Waals surface area contributed by atoms with Crippen molar-refractivity contribution in [1.29, 1.82) is 0 Å². The van der Waals surface area contributed by atoms with E-state index in [1.807, 2.05) is 36.4 Å². The quantitative estimate of drug-likeness (QED) is 0.338. The molecule has 35 heavy (non-hydrogen) atoms. The molecule has 0 bridgehead atoms. The predicted molar refractivity (Wildman–Crippen MR) is 139 cm³/mol. The second-order valence-corrected chi connectivity index (χ2v) is 9.57. The molecule has 1 heterocycles. The Labute approximate surface area is 206 Å². The zero-order valence-corrected chi connectivity index (χ0v) is 19.9. The number of rotatable bonds is 7. The van der Waals surface area contributed by atoms with Gasteiger partial charge >= 0.3 is 0 Å². The van der Waals surface area contributed by atoms with Crippen molar-refractivity contribution in [2.45, 2.75) is 31.8 Å². The Bertz CT molecular complexity index is 1280. The van der Waals surface area contributed by atoms with E-state index in [2.05, 4.69) is 52.7 Å². The highest BCUT2D eigenvalue weighted by atomic mass is 19.1. The maximum absolute atomic E-state index is 13.9. The van der Waals surface area contributed by atoms with Crippen molar-refractivity contribution >= 4 is 16.7 Å². The van der Waals surface area contributed by atoms with Crippen molar-refractivity contribution in [2.75, 3.05) is 13.1 Å². The van der Waals surface area contributed by atoms with E-state index in [-0.39, 0.29) is 17.8 Å². The van der Waals surface area contributed by atoms with Crippen LogP contribution in [-0.2, 0) is 11.3 Å². The molecule has 0 aromatic heterocycles. The zero-order chi connectivity index (χ0) is 24.0. The molecule has 178 valence electrons. The lowest BCUT2D eigenvalue weighted by atomic mass is 9.92. The smallest absolute Gasteiger partial charge is 0.221 e. The molecule has 0 radical (unpaired) electrons. The first kappa shape index (κ1) is 23.3. The van der Waals surface area contributed by atoms with Crippen LogP contribution >= 0.6 is 0 Å². The van der Waals surface area contributed by atoms with Crippen molar-refractivity contribution in [3.05, 3.63) is 120 Å². The summed E-state index contributed by atoms with van der Waals surface area (Å²) in [5.74, 6) is 0.0966. The normalized spacial score (nSPS) is 15.7. The molecule has 1 N–H and O–H groups in total. The molecule has 1 aliphatic rings. The number of hydrogen-bond donors (Lipinski definition) is 1. The van der Waals surface area contributed by atoms with Crippen molar-refractivity contribution in [3.8, 4) is 0 Å². The summed E-state index contributed by atoms with van der Waals surface area (Å²) in [4.78, 5) is 15.5. The summed E-state index contributed by atoms with van der Waals surface area (Å²) >= 11 is 0. The minimum atomic E-state index is -0.354. The maximum atomic E-state index is 13.9. The zero-order valence-electron chi connectivity index (χ0n) is 19.9. The SMILES string of the molecule is O=C(CC1CCN(Cc2ccc3ccccc3c2)CC1)NC(c1ccccc1)c1cccc(F)c1. The summed E-state index contributed by atoms with van der Waals surface area (Å²) in [6, 6.07) is 31.1. The van der Waals surface area contributed by atoms with Crippen LogP contribution in [0.15, 0.2) is 97.1 Å². The van der Waals surface area contributed by atoms with E-state index < -0.39 is 0 Å².